The van der Waals surface area contributed by atoms with Crippen molar-refractivity contribution in [2.24, 2.45) is 5.92 Å². The Morgan fingerprint density at radius 1 is 1.19 bits per heavy atom. The predicted octanol–water partition coefficient (Wildman–Crippen LogP) is 1.31. The number of nitrogens with one attached hydrogen (secondary N) is 2. The van der Waals surface area contributed by atoms with Gasteiger partial charge in [-0.25, -0.2) is 0 Å². The highest BCUT2D eigenvalue weighted by molar-refractivity contribution is 4.74. The van der Waals surface area contributed by atoms with Crippen molar-refractivity contribution in [3.8, 4) is 0 Å². The van der Waals surface area contributed by atoms with E-state index in [0.717, 1.165) is 25.6 Å². The van der Waals surface area contributed by atoms with E-state index in [9.17, 15) is 0 Å². The molecule has 16 heavy (non-hydrogen) atoms. The van der Waals surface area contributed by atoms with Gasteiger partial charge in [-0.1, -0.05) is 13.8 Å². The molecule has 1 aliphatic heterocycles. The Morgan fingerprint density at radius 3 is 2.50 bits per heavy atom. The van der Waals surface area contributed by atoms with Crippen molar-refractivity contribution in [3.63, 3.8) is 0 Å². The lowest BCUT2D eigenvalue weighted by molar-refractivity contribution is 0.181. The number of hydrogen-bond acceptors (Lipinski definition) is 3. The summed E-state index contributed by atoms with van der Waals surface area (Å²) in [4.78, 5) is 2.58. The van der Waals surface area contributed by atoms with Gasteiger partial charge in [0.15, 0.2) is 0 Å². The van der Waals surface area contributed by atoms with Crippen molar-refractivity contribution >= 4 is 0 Å². The predicted molar refractivity (Wildman–Crippen MR) is 70.8 cm³/mol. The lowest BCUT2D eigenvalue weighted by Gasteiger charge is -2.32. The standard InChI is InChI=1S/C13H29N3/c1-12(2)5-4-6-15-11-13(3)16-9-7-14-8-10-16/h12-15H,4-11H2,1-3H3. The van der Waals surface area contributed by atoms with Crippen LogP contribution in [-0.2, 0) is 0 Å². The second-order valence-corrected chi connectivity index (χ2v) is 5.38. The van der Waals surface area contributed by atoms with Crippen molar-refractivity contribution in [1.82, 2.24) is 15.5 Å². The molecule has 0 aromatic rings. The van der Waals surface area contributed by atoms with Crippen molar-refractivity contribution in [2.75, 3.05) is 39.3 Å². The molecule has 0 aromatic carbocycles. The van der Waals surface area contributed by atoms with Crippen LogP contribution in [0.5, 0.6) is 0 Å². The summed E-state index contributed by atoms with van der Waals surface area (Å²) in [6.45, 7) is 13.9. The fraction of sp³-hybridized carbons (Fsp3) is 1.00. The first-order valence-corrected chi connectivity index (χ1v) is 6.85. The van der Waals surface area contributed by atoms with E-state index < -0.39 is 0 Å². The van der Waals surface area contributed by atoms with Crippen LogP contribution in [0.4, 0.5) is 0 Å². The molecule has 96 valence electrons. The van der Waals surface area contributed by atoms with Gasteiger partial charge in [0, 0.05) is 38.8 Å². The third kappa shape index (κ3) is 5.83. The van der Waals surface area contributed by atoms with Crippen LogP contribution in [0, 0.1) is 5.92 Å². The molecule has 1 fully saturated rings. The highest BCUT2D eigenvalue weighted by Crippen LogP contribution is 2.02. The zero-order valence-corrected chi connectivity index (χ0v) is 11.3. The summed E-state index contributed by atoms with van der Waals surface area (Å²) in [7, 11) is 0. The zero-order chi connectivity index (χ0) is 11.8. The monoisotopic (exact) mass is 227 g/mol. The minimum Gasteiger partial charge on any atom is -0.315 e. The van der Waals surface area contributed by atoms with Gasteiger partial charge in [-0.05, 0) is 32.2 Å². The molecular formula is C13H29N3. The van der Waals surface area contributed by atoms with Gasteiger partial charge in [0.25, 0.3) is 0 Å². The van der Waals surface area contributed by atoms with Crippen molar-refractivity contribution in [3.05, 3.63) is 0 Å². The van der Waals surface area contributed by atoms with E-state index in [-0.39, 0.29) is 0 Å². The first-order chi connectivity index (χ1) is 7.70. The van der Waals surface area contributed by atoms with Crippen molar-refractivity contribution in [2.45, 2.75) is 39.7 Å². The number of hydrogen-bond donors (Lipinski definition) is 2. The molecule has 0 aliphatic carbocycles. The Labute approximate surface area is 101 Å². The van der Waals surface area contributed by atoms with Gasteiger partial charge >= 0.3 is 0 Å². The highest BCUT2D eigenvalue weighted by atomic mass is 15.2. The quantitative estimate of drug-likeness (QED) is 0.642. The van der Waals surface area contributed by atoms with Crippen LogP contribution in [0.2, 0.25) is 0 Å². The highest BCUT2D eigenvalue weighted by Gasteiger charge is 2.15. The van der Waals surface area contributed by atoms with E-state index in [1.165, 1.54) is 32.5 Å². The molecule has 0 spiro atoms. The smallest absolute Gasteiger partial charge is 0.0193 e. The summed E-state index contributed by atoms with van der Waals surface area (Å²) in [5.41, 5.74) is 0. The molecule has 0 radical (unpaired) electrons. The van der Waals surface area contributed by atoms with Crippen molar-refractivity contribution in [1.29, 1.82) is 0 Å². The number of piperazine rings is 1. The van der Waals surface area contributed by atoms with Gasteiger partial charge in [-0.2, -0.15) is 0 Å². The molecule has 2 N–H and O–H groups in total. The summed E-state index contributed by atoms with van der Waals surface area (Å²) in [6.07, 6.45) is 2.65. The summed E-state index contributed by atoms with van der Waals surface area (Å²) in [5, 5.41) is 6.97. The first kappa shape index (κ1) is 13.9. The largest absolute Gasteiger partial charge is 0.315 e. The topological polar surface area (TPSA) is 27.3 Å². The SMILES string of the molecule is CC(C)CCCNCC(C)N1CCNCC1. The Balaban J connectivity index is 1.98. The summed E-state index contributed by atoms with van der Waals surface area (Å²) < 4.78 is 0. The van der Waals surface area contributed by atoms with Crippen LogP contribution < -0.4 is 10.6 Å². The molecular weight excluding hydrogens is 198 g/mol. The first-order valence-electron chi connectivity index (χ1n) is 6.85. The van der Waals surface area contributed by atoms with Gasteiger partial charge in [0.2, 0.25) is 0 Å². The maximum absolute atomic E-state index is 3.58. The van der Waals surface area contributed by atoms with E-state index in [2.05, 4.69) is 36.3 Å². The van der Waals surface area contributed by atoms with Crippen LogP contribution in [0.25, 0.3) is 0 Å². The van der Waals surface area contributed by atoms with Gasteiger partial charge < -0.3 is 10.6 Å². The van der Waals surface area contributed by atoms with E-state index in [1.54, 1.807) is 0 Å². The Bertz CT molecular complexity index is 165. The molecule has 1 rings (SSSR count). The number of rotatable bonds is 7. The molecule has 0 amide bonds. The summed E-state index contributed by atoms with van der Waals surface area (Å²) in [5.74, 6) is 0.840. The van der Waals surface area contributed by atoms with E-state index in [1.807, 2.05) is 0 Å². The van der Waals surface area contributed by atoms with E-state index in [4.69, 9.17) is 0 Å². The third-order valence-corrected chi connectivity index (χ3v) is 3.35. The normalized spacial score (nSPS) is 20.2. The molecule has 0 aromatic heterocycles. The maximum Gasteiger partial charge on any atom is 0.0193 e. The van der Waals surface area contributed by atoms with Crippen LogP contribution >= 0.6 is 0 Å². The van der Waals surface area contributed by atoms with E-state index in [0.29, 0.717) is 6.04 Å². The Kier molecular flexibility index (Phi) is 7.01. The molecule has 0 saturated carbocycles. The van der Waals surface area contributed by atoms with Gasteiger partial charge in [0.1, 0.15) is 0 Å². The second kappa shape index (κ2) is 8.04. The van der Waals surface area contributed by atoms with Crippen LogP contribution in [0.3, 0.4) is 0 Å². The minimum atomic E-state index is 0.682. The summed E-state index contributed by atoms with van der Waals surface area (Å²) in [6, 6.07) is 0.682. The van der Waals surface area contributed by atoms with Gasteiger partial charge in [-0.3, -0.25) is 4.90 Å². The average molecular weight is 227 g/mol. The lowest BCUT2D eigenvalue weighted by Crippen LogP contribution is -2.50. The fourth-order valence-corrected chi connectivity index (χ4v) is 2.20. The molecule has 1 heterocycles. The molecule has 0 bridgehead atoms. The molecule has 1 unspecified atom stereocenters. The molecule has 3 heteroatoms. The minimum absolute atomic E-state index is 0.682. The van der Waals surface area contributed by atoms with Crippen LogP contribution in [0.15, 0.2) is 0 Å². The van der Waals surface area contributed by atoms with E-state index >= 15 is 0 Å². The summed E-state index contributed by atoms with van der Waals surface area (Å²) >= 11 is 0. The van der Waals surface area contributed by atoms with Crippen molar-refractivity contribution < 1.29 is 0 Å². The van der Waals surface area contributed by atoms with Gasteiger partial charge in [0.05, 0.1) is 0 Å². The molecule has 1 aliphatic rings. The average Bonchev–Trinajstić information content (AvgIpc) is 2.29. The Morgan fingerprint density at radius 2 is 1.88 bits per heavy atom. The number of nitrogens with zero attached hydrogens (tertiary/aromatic N) is 1. The fourth-order valence-electron chi connectivity index (χ4n) is 2.20. The molecule has 1 atom stereocenters. The molecule has 1 saturated heterocycles. The lowest BCUT2D eigenvalue weighted by atomic mass is 10.1. The van der Waals surface area contributed by atoms with Gasteiger partial charge in [-0.15, -0.1) is 0 Å². The third-order valence-electron chi connectivity index (χ3n) is 3.35. The second-order valence-electron chi connectivity index (χ2n) is 5.38. The zero-order valence-electron chi connectivity index (χ0n) is 11.3. The van der Waals surface area contributed by atoms with Crippen LogP contribution in [0.1, 0.15) is 33.6 Å². The Hall–Kier alpha value is -0.120. The molecule has 3 nitrogen and oxygen atoms in total. The maximum atomic E-state index is 3.58. The van der Waals surface area contributed by atoms with Crippen LogP contribution in [-0.4, -0.2) is 50.2 Å².